The highest BCUT2D eigenvalue weighted by Gasteiger charge is 2.23. The van der Waals surface area contributed by atoms with E-state index in [0.29, 0.717) is 30.9 Å². The highest BCUT2D eigenvalue weighted by Crippen LogP contribution is 2.16. The fourth-order valence-corrected chi connectivity index (χ4v) is 3.36. The number of amides is 2. The Morgan fingerprint density at radius 3 is 2.50 bits per heavy atom. The van der Waals surface area contributed by atoms with E-state index in [9.17, 15) is 9.59 Å². The first-order chi connectivity index (χ1) is 14.3. The van der Waals surface area contributed by atoms with Crippen molar-refractivity contribution in [3.8, 4) is 5.75 Å². The van der Waals surface area contributed by atoms with Crippen molar-refractivity contribution in [3.63, 3.8) is 0 Å². The van der Waals surface area contributed by atoms with E-state index in [1.165, 1.54) is 0 Å². The SMILES string of the molecule is CCCCN(Cc1cccn1C)C(=O)CN(CC(C)C)C(=O)c1cccc(OC)c1. The smallest absolute Gasteiger partial charge is 0.254 e. The van der Waals surface area contributed by atoms with Crippen LogP contribution in [0.3, 0.4) is 0 Å². The third-order valence-corrected chi connectivity index (χ3v) is 5.05. The summed E-state index contributed by atoms with van der Waals surface area (Å²) in [4.78, 5) is 29.9. The van der Waals surface area contributed by atoms with Gasteiger partial charge in [-0.3, -0.25) is 9.59 Å². The molecule has 1 heterocycles. The molecule has 0 atom stereocenters. The quantitative estimate of drug-likeness (QED) is 0.560. The lowest BCUT2D eigenvalue weighted by Crippen LogP contribution is -2.44. The first kappa shape index (κ1) is 23.5. The van der Waals surface area contributed by atoms with Gasteiger partial charge in [-0.2, -0.15) is 0 Å². The summed E-state index contributed by atoms with van der Waals surface area (Å²) in [5, 5.41) is 0. The fraction of sp³-hybridized carbons (Fsp3) is 0.500. The molecule has 0 bridgehead atoms. The number of carbonyl (C=O) groups is 2. The summed E-state index contributed by atoms with van der Waals surface area (Å²) in [6.45, 7) is 8.04. The first-order valence-electron chi connectivity index (χ1n) is 10.7. The Balaban J connectivity index is 2.19. The Morgan fingerprint density at radius 1 is 1.13 bits per heavy atom. The van der Waals surface area contributed by atoms with Crippen molar-refractivity contribution in [2.24, 2.45) is 13.0 Å². The summed E-state index contributed by atoms with van der Waals surface area (Å²) >= 11 is 0. The van der Waals surface area contributed by atoms with Crippen LogP contribution in [0.1, 0.15) is 49.7 Å². The number of methoxy groups -OCH3 is 1. The van der Waals surface area contributed by atoms with Crippen LogP contribution >= 0.6 is 0 Å². The molecule has 30 heavy (non-hydrogen) atoms. The topological polar surface area (TPSA) is 54.8 Å². The third-order valence-electron chi connectivity index (χ3n) is 5.05. The van der Waals surface area contributed by atoms with Gasteiger partial charge in [-0.25, -0.2) is 0 Å². The van der Waals surface area contributed by atoms with Gasteiger partial charge < -0.3 is 19.1 Å². The van der Waals surface area contributed by atoms with Crippen molar-refractivity contribution in [1.29, 1.82) is 0 Å². The maximum Gasteiger partial charge on any atom is 0.254 e. The second kappa shape index (κ2) is 11.4. The standard InChI is InChI=1S/C24H35N3O3/c1-6-7-14-26(17-21-11-9-13-25(21)4)23(28)18-27(16-19(2)3)24(29)20-10-8-12-22(15-20)30-5/h8-13,15,19H,6-7,14,16-18H2,1-5H3. The molecule has 0 aliphatic heterocycles. The van der Waals surface area contributed by atoms with Gasteiger partial charge in [-0.05, 0) is 42.7 Å². The average molecular weight is 414 g/mol. The molecule has 0 N–H and O–H groups in total. The lowest BCUT2D eigenvalue weighted by molar-refractivity contribution is -0.132. The van der Waals surface area contributed by atoms with E-state index < -0.39 is 0 Å². The fourth-order valence-electron chi connectivity index (χ4n) is 3.36. The predicted octanol–water partition coefficient (Wildman–Crippen LogP) is 3.96. The Hall–Kier alpha value is -2.76. The van der Waals surface area contributed by atoms with Crippen molar-refractivity contribution >= 4 is 11.8 Å². The average Bonchev–Trinajstić information content (AvgIpc) is 3.14. The van der Waals surface area contributed by atoms with E-state index in [4.69, 9.17) is 4.74 Å². The Labute approximate surface area is 180 Å². The van der Waals surface area contributed by atoms with Gasteiger partial charge in [-0.15, -0.1) is 0 Å². The van der Waals surface area contributed by atoms with E-state index in [-0.39, 0.29) is 24.3 Å². The number of rotatable bonds is 11. The largest absolute Gasteiger partial charge is 0.497 e. The molecule has 2 rings (SSSR count). The highest BCUT2D eigenvalue weighted by molar-refractivity contribution is 5.96. The summed E-state index contributed by atoms with van der Waals surface area (Å²) in [7, 11) is 3.56. The van der Waals surface area contributed by atoms with Gasteiger partial charge in [0.05, 0.1) is 13.7 Å². The van der Waals surface area contributed by atoms with Gasteiger partial charge >= 0.3 is 0 Å². The van der Waals surface area contributed by atoms with Crippen LogP contribution in [-0.2, 0) is 18.4 Å². The van der Waals surface area contributed by atoms with Crippen LogP contribution in [0, 0.1) is 5.92 Å². The molecule has 2 aromatic rings. The van der Waals surface area contributed by atoms with Crippen molar-refractivity contribution in [2.75, 3.05) is 26.7 Å². The van der Waals surface area contributed by atoms with E-state index >= 15 is 0 Å². The number of unbranched alkanes of at least 4 members (excludes halogenated alkanes) is 1. The van der Waals surface area contributed by atoms with Crippen LogP contribution in [0.4, 0.5) is 0 Å². The minimum atomic E-state index is -0.148. The highest BCUT2D eigenvalue weighted by atomic mass is 16.5. The van der Waals surface area contributed by atoms with Crippen molar-refractivity contribution < 1.29 is 14.3 Å². The monoisotopic (exact) mass is 413 g/mol. The van der Waals surface area contributed by atoms with Gasteiger partial charge in [0.1, 0.15) is 12.3 Å². The van der Waals surface area contributed by atoms with Crippen LogP contribution in [0.2, 0.25) is 0 Å². The number of nitrogens with zero attached hydrogens (tertiary/aromatic N) is 3. The zero-order chi connectivity index (χ0) is 22.1. The van der Waals surface area contributed by atoms with E-state index in [1.54, 1.807) is 36.3 Å². The number of aryl methyl sites for hydroxylation is 1. The lowest BCUT2D eigenvalue weighted by Gasteiger charge is -2.29. The molecule has 1 aromatic heterocycles. The molecule has 0 fully saturated rings. The maximum absolute atomic E-state index is 13.2. The van der Waals surface area contributed by atoms with E-state index in [2.05, 4.69) is 20.8 Å². The molecule has 164 valence electrons. The Kier molecular flexibility index (Phi) is 8.96. The normalized spacial score (nSPS) is 10.9. The molecule has 0 radical (unpaired) electrons. The molecule has 2 amide bonds. The molecule has 6 heteroatoms. The Morgan fingerprint density at radius 2 is 1.90 bits per heavy atom. The van der Waals surface area contributed by atoms with Gasteiger partial charge in [0.2, 0.25) is 5.91 Å². The molecule has 0 saturated heterocycles. The van der Waals surface area contributed by atoms with Crippen molar-refractivity contribution in [3.05, 3.63) is 53.9 Å². The van der Waals surface area contributed by atoms with Gasteiger partial charge in [0.25, 0.3) is 5.91 Å². The number of hydrogen-bond donors (Lipinski definition) is 0. The number of ether oxygens (including phenoxy) is 1. The van der Waals surface area contributed by atoms with Gasteiger partial charge in [0.15, 0.2) is 0 Å². The number of hydrogen-bond acceptors (Lipinski definition) is 3. The minimum absolute atomic E-state index is 0.0263. The van der Waals surface area contributed by atoms with Crippen LogP contribution in [0.5, 0.6) is 5.75 Å². The molecule has 0 saturated carbocycles. The summed E-state index contributed by atoms with van der Waals surface area (Å²) in [6, 6.07) is 11.1. The van der Waals surface area contributed by atoms with Crippen LogP contribution < -0.4 is 4.74 Å². The number of carbonyl (C=O) groups excluding carboxylic acids is 2. The second-order valence-electron chi connectivity index (χ2n) is 8.09. The van der Waals surface area contributed by atoms with Gasteiger partial charge in [0, 0.05) is 37.6 Å². The molecule has 6 nitrogen and oxygen atoms in total. The maximum atomic E-state index is 13.2. The molecule has 0 aliphatic carbocycles. The second-order valence-corrected chi connectivity index (χ2v) is 8.09. The number of benzene rings is 1. The molecule has 1 aromatic carbocycles. The van der Waals surface area contributed by atoms with E-state index in [0.717, 1.165) is 18.5 Å². The lowest BCUT2D eigenvalue weighted by atomic mass is 10.1. The van der Waals surface area contributed by atoms with Crippen LogP contribution in [-0.4, -0.2) is 52.9 Å². The predicted molar refractivity (Wildman–Crippen MR) is 119 cm³/mol. The minimum Gasteiger partial charge on any atom is -0.497 e. The van der Waals surface area contributed by atoms with Gasteiger partial charge in [-0.1, -0.05) is 33.3 Å². The molecule has 0 unspecified atom stereocenters. The first-order valence-corrected chi connectivity index (χ1v) is 10.7. The van der Waals surface area contributed by atoms with Crippen LogP contribution in [0.25, 0.3) is 0 Å². The molecular weight excluding hydrogens is 378 g/mol. The molecular formula is C24H35N3O3. The van der Waals surface area contributed by atoms with E-state index in [1.807, 2.05) is 34.8 Å². The summed E-state index contributed by atoms with van der Waals surface area (Å²) < 4.78 is 7.28. The molecule has 0 spiro atoms. The van der Waals surface area contributed by atoms with Crippen LogP contribution in [0.15, 0.2) is 42.6 Å². The number of aromatic nitrogens is 1. The zero-order valence-electron chi connectivity index (χ0n) is 18.9. The summed E-state index contributed by atoms with van der Waals surface area (Å²) in [5.74, 6) is 0.709. The zero-order valence-corrected chi connectivity index (χ0v) is 18.9. The molecule has 0 aliphatic rings. The third kappa shape index (κ3) is 6.65. The van der Waals surface area contributed by atoms with Crippen molar-refractivity contribution in [2.45, 2.75) is 40.2 Å². The summed E-state index contributed by atoms with van der Waals surface area (Å²) in [6.07, 6.45) is 3.93. The van der Waals surface area contributed by atoms with Crippen molar-refractivity contribution in [1.82, 2.24) is 14.4 Å². The summed E-state index contributed by atoms with van der Waals surface area (Å²) in [5.41, 5.74) is 1.61. The Bertz CT molecular complexity index is 829.